The van der Waals surface area contributed by atoms with Crippen LogP contribution in [-0.2, 0) is 22.4 Å². The normalized spacial score (nSPS) is 15.2. The van der Waals surface area contributed by atoms with Crippen LogP contribution >= 0.6 is 11.3 Å². The molecule has 140 valence electrons. The number of thiophene rings is 1. The van der Waals surface area contributed by atoms with Gasteiger partial charge in [0.15, 0.2) is 0 Å². The van der Waals surface area contributed by atoms with Crippen LogP contribution < -0.4 is 5.32 Å². The van der Waals surface area contributed by atoms with Gasteiger partial charge in [-0.25, -0.2) is 0 Å². The first-order chi connectivity index (χ1) is 13.2. The van der Waals surface area contributed by atoms with E-state index in [2.05, 4.69) is 10.3 Å². The number of carbonyl (C=O) groups excluding carboxylic acids is 2. The Balaban J connectivity index is 1.53. The van der Waals surface area contributed by atoms with E-state index in [1.54, 1.807) is 11.3 Å². The molecule has 1 fully saturated rings. The second kappa shape index (κ2) is 7.96. The molecule has 1 atom stereocenters. The molecule has 0 spiro atoms. The van der Waals surface area contributed by atoms with Crippen molar-refractivity contribution in [2.75, 3.05) is 13.1 Å². The average Bonchev–Trinajstić information content (AvgIpc) is 3.43. The van der Waals surface area contributed by atoms with Crippen molar-refractivity contribution in [1.82, 2.24) is 15.2 Å². The summed E-state index contributed by atoms with van der Waals surface area (Å²) in [6, 6.07) is 11.4. The van der Waals surface area contributed by atoms with Gasteiger partial charge < -0.3 is 15.2 Å². The maximum absolute atomic E-state index is 13.0. The number of hydrogen-bond donors (Lipinski definition) is 2. The largest absolute Gasteiger partial charge is 0.361 e. The highest BCUT2D eigenvalue weighted by Crippen LogP contribution is 2.20. The summed E-state index contributed by atoms with van der Waals surface area (Å²) in [6.45, 7) is 1.56. The van der Waals surface area contributed by atoms with Gasteiger partial charge in [-0.3, -0.25) is 9.59 Å². The smallest absolute Gasteiger partial charge is 0.245 e. The third kappa shape index (κ3) is 4.06. The molecule has 1 aliphatic heterocycles. The number of aromatic amines is 1. The molecule has 0 saturated carbocycles. The fourth-order valence-electron chi connectivity index (χ4n) is 3.70. The van der Waals surface area contributed by atoms with Crippen molar-refractivity contribution in [3.63, 3.8) is 0 Å². The average molecular weight is 382 g/mol. The molecule has 1 saturated heterocycles. The van der Waals surface area contributed by atoms with E-state index in [0.717, 1.165) is 47.3 Å². The lowest BCUT2D eigenvalue weighted by Crippen LogP contribution is -2.49. The van der Waals surface area contributed by atoms with Crippen LogP contribution in [0.1, 0.15) is 23.3 Å². The van der Waals surface area contributed by atoms with Crippen molar-refractivity contribution in [3.05, 3.63) is 58.4 Å². The Morgan fingerprint density at radius 1 is 1.15 bits per heavy atom. The third-order valence-electron chi connectivity index (χ3n) is 5.06. The molecule has 2 aromatic heterocycles. The van der Waals surface area contributed by atoms with Gasteiger partial charge in [-0.15, -0.1) is 11.3 Å². The van der Waals surface area contributed by atoms with Crippen LogP contribution in [0.25, 0.3) is 10.9 Å². The minimum atomic E-state index is -0.533. The minimum absolute atomic E-state index is 0.0253. The molecule has 4 rings (SSSR count). The Bertz CT molecular complexity index is 926. The zero-order chi connectivity index (χ0) is 18.6. The van der Waals surface area contributed by atoms with Gasteiger partial charge in [-0.1, -0.05) is 24.3 Å². The zero-order valence-electron chi connectivity index (χ0n) is 15.1. The van der Waals surface area contributed by atoms with Crippen molar-refractivity contribution in [1.29, 1.82) is 0 Å². The van der Waals surface area contributed by atoms with E-state index in [0.29, 0.717) is 12.8 Å². The summed E-state index contributed by atoms with van der Waals surface area (Å²) < 4.78 is 0. The van der Waals surface area contributed by atoms with Crippen LogP contribution in [0.15, 0.2) is 48.0 Å². The summed E-state index contributed by atoms with van der Waals surface area (Å²) in [5.41, 5.74) is 2.10. The van der Waals surface area contributed by atoms with Crippen LogP contribution in [0.5, 0.6) is 0 Å². The Hall–Kier alpha value is -2.60. The number of rotatable bonds is 6. The summed E-state index contributed by atoms with van der Waals surface area (Å²) in [5.74, 6) is -0.0767. The van der Waals surface area contributed by atoms with E-state index in [1.807, 2.05) is 52.9 Å². The van der Waals surface area contributed by atoms with Crippen LogP contribution in [0.3, 0.4) is 0 Å². The van der Waals surface area contributed by atoms with E-state index in [4.69, 9.17) is 0 Å². The number of nitrogens with one attached hydrogen (secondary N) is 2. The standard InChI is InChI=1S/C21H23N3O2S/c25-20(13-16-6-5-11-27-16)23-19(21(26)24-9-3-4-10-24)12-15-14-22-18-8-2-1-7-17(15)18/h1-2,5-8,11,14,19,22H,3-4,9-10,12-13H2,(H,23,25)/t19-/m0/s1. The Morgan fingerprint density at radius 2 is 1.96 bits per heavy atom. The fourth-order valence-corrected chi connectivity index (χ4v) is 4.40. The first-order valence-corrected chi connectivity index (χ1v) is 10.2. The van der Waals surface area contributed by atoms with Gasteiger partial charge in [0.25, 0.3) is 0 Å². The second-order valence-electron chi connectivity index (χ2n) is 6.97. The maximum Gasteiger partial charge on any atom is 0.245 e. The molecular weight excluding hydrogens is 358 g/mol. The fraction of sp³-hybridized carbons (Fsp3) is 0.333. The first kappa shape index (κ1) is 17.8. The van der Waals surface area contributed by atoms with Crippen LogP contribution in [-0.4, -0.2) is 40.8 Å². The molecule has 0 unspecified atom stereocenters. The first-order valence-electron chi connectivity index (χ1n) is 9.36. The summed E-state index contributed by atoms with van der Waals surface area (Å²) in [7, 11) is 0. The second-order valence-corrected chi connectivity index (χ2v) is 8.00. The van der Waals surface area contributed by atoms with Crippen molar-refractivity contribution >= 4 is 34.1 Å². The van der Waals surface area contributed by atoms with Crippen molar-refractivity contribution in [2.45, 2.75) is 31.7 Å². The molecule has 3 heterocycles. The van der Waals surface area contributed by atoms with Crippen molar-refractivity contribution in [2.24, 2.45) is 0 Å². The van der Waals surface area contributed by atoms with Gasteiger partial charge in [0.1, 0.15) is 6.04 Å². The number of fused-ring (bicyclic) bond motifs is 1. The lowest BCUT2D eigenvalue weighted by molar-refractivity contribution is -0.135. The Kier molecular flexibility index (Phi) is 5.25. The minimum Gasteiger partial charge on any atom is -0.361 e. The zero-order valence-corrected chi connectivity index (χ0v) is 15.9. The number of para-hydroxylation sites is 1. The lowest BCUT2D eigenvalue weighted by atomic mass is 10.0. The molecule has 0 bridgehead atoms. The van der Waals surface area contributed by atoms with Crippen molar-refractivity contribution in [3.8, 4) is 0 Å². The van der Waals surface area contributed by atoms with E-state index in [-0.39, 0.29) is 11.8 Å². The number of nitrogens with zero attached hydrogens (tertiary/aromatic N) is 1. The highest BCUT2D eigenvalue weighted by molar-refractivity contribution is 7.10. The van der Waals surface area contributed by atoms with E-state index in [9.17, 15) is 9.59 Å². The highest BCUT2D eigenvalue weighted by atomic mass is 32.1. The van der Waals surface area contributed by atoms with Crippen LogP contribution in [0.4, 0.5) is 0 Å². The molecule has 27 heavy (non-hydrogen) atoms. The number of aromatic nitrogens is 1. The van der Waals surface area contributed by atoms with Crippen molar-refractivity contribution < 1.29 is 9.59 Å². The quantitative estimate of drug-likeness (QED) is 0.689. The van der Waals surface area contributed by atoms with E-state index >= 15 is 0 Å². The molecule has 2 N–H and O–H groups in total. The van der Waals surface area contributed by atoms with Gasteiger partial charge in [0.05, 0.1) is 6.42 Å². The maximum atomic E-state index is 13.0. The number of amides is 2. The highest BCUT2D eigenvalue weighted by Gasteiger charge is 2.28. The summed E-state index contributed by atoms with van der Waals surface area (Å²) in [4.78, 5) is 31.7. The third-order valence-corrected chi connectivity index (χ3v) is 5.94. The van der Waals surface area contributed by atoms with Gasteiger partial charge in [-0.05, 0) is 35.9 Å². The van der Waals surface area contributed by atoms with Gasteiger partial charge in [-0.2, -0.15) is 0 Å². The van der Waals surface area contributed by atoms with Gasteiger partial charge in [0.2, 0.25) is 11.8 Å². The summed E-state index contributed by atoms with van der Waals surface area (Å²) >= 11 is 1.56. The molecule has 2 amide bonds. The number of hydrogen-bond acceptors (Lipinski definition) is 3. The number of carbonyl (C=O) groups is 2. The summed E-state index contributed by atoms with van der Waals surface area (Å²) in [6.07, 6.45) is 4.83. The SMILES string of the molecule is O=C(Cc1cccs1)N[C@@H](Cc1c[nH]c2ccccc12)C(=O)N1CCCC1. The van der Waals surface area contributed by atoms with E-state index in [1.165, 1.54) is 0 Å². The molecule has 1 aromatic carbocycles. The monoisotopic (exact) mass is 381 g/mol. The molecule has 0 aliphatic carbocycles. The summed E-state index contributed by atoms with van der Waals surface area (Å²) in [5, 5.41) is 6.06. The van der Waals surface area contributed by atoms with Crippen LogP contribution in [0, 0.1) is 0 Å². The molecular formula is C21H23N3O2S. The number of H-pyrrole nitrogens is 1. The molecule has 1 aliphatic rings. The van der Waals surface area contributed by atoms with E-state index < -0.39 is 6.04 Å². The molecule has 5 nitrogen and oxygen atoms in total. The lowest BCUT2D eigenvalue weighted by Gasteiger charge is -2.24. The number of likely N-dealkylation sites (tertiary alicyclic amines) is 1. The van der Waals surface area contributed by atoms with Crippen LogP contribution in [0.2, 0.25) is 0 Å². The predicted molar refractivity (Wildman–Crippen MR) is 108 cm³/mol. The Morgan fingerprint density at radius 3 is 2.74 bits per heavy atom. The molecule has 3 aromatic rings. The predicted octanol–water partition coefficient (Wildman–Crippen LogP) is 3.12. The molecule has 6 heteroatoms. The van der Waals surface area contributed by atoms with Gasteiger partial charge >= 0.3 is 0 Å². The topological polar surface area (TPSA) is 65.2 Å². The Labute approximate surface area is 162 Å². The number of benzene rings is 1. The van der Waals surface area contributed by atoms with Gasteiger partial charge in [0, 0.05) is 41.5 Å². The molecule has 0 radical (unpaired) electrons.